The van der Waals surface area contributed by atoms with Crippen LogP contribution in [0.25, 0.3) is 0 Å². The molecule has 0 spiro atoms. The van der Waals surface area contributed by atoms with Crippen LogP contribution in [0.1, 0.15) is 20.3 Å². The molecule has 6 heteroatoms. The molecule has 0 radical (unpaired) electrons. The summed E-state index contributed by atoms with van der Waals surface area (Å²) in [6.07, 6.45) is 1.48. The lowest BCUT2D eigenvalue weighted by molar-refractivity contribution is -0.144. The molecule has 4 heterocycles. The van der Waals surface area contributed by atoms with Crippen LogP contribution in [0.3, 0.4) is 0 Å². The van der Waals surface area contributed by atoms with Gasteiger partial charge in [0.1, 0.15) is 30.5 Å². The Kier molecular flexibility index (Phi) is 2.03. The smallest absolute Gasteiger partial charge is 0.337 e. The first-order valence-corrected chi connectivity index (χ1v) is 7.44. The highest BCUT2D eigenvalue weighted by molar-refractivity contribution is 5.93. The van der Waals surface area contributed by atoms with Gasteiger partial charge >= 0.3 is 11.9 Å². The molecule has 0 aromatic heterocycles. The van der Waals surface area contributed by atoms with Crippen LogP contribution >= 0.6 is 0 Å². The molecule has 21 heavy (non-hydrogen) atoms. The minimum Gasteiger partial charge on any atom is -0.462 e. The molecule has 0 aromatic carbocycles. The van der Waals surface area contributed by atoms with Crippen LogP contribution < -0.4 is 0 Å². The topological polar surface area (TPSA) is 77.7 Å². The van der Waals surface area contributed by atoms with E-state index in [0.717, 1.165) is 0 Å². The van der Waals surface area contributed by atoms with Crippen molar-refractivity contribution >= 4 is 11.9 Å². The van der Waals surface area contributed by atoms with Crippen LogP contribution in [0.4, 0.5) is 0 Å². The number of esters is 2. The standard InChI is InChI=1S/C15H16O6/c1-5-9-7-3-6(14(17)18-7)10-11(20-10)12-15(2,21-12)4-8(9)19-13(5)16/h3,5,7-12H,4H2,1-2H3/t5?,7-,8+,9+,10-,11-,12-,15+/m1/s1. The van der Waals surface area contributed by atoms with Crippen molar-refractivity contribution in [1.82, 2.24) is 0 Å². The molecule has 2 bridgehead atoms. The summed E-state index contributed by atoms with van der Waals surface area (Å²) in [4.78, 5) is 24.0. The number of fused-ring (bicyclic) bond motifs is 7. The van der Waals surface area contributed by atoms with Crippen LogP contribution in [-0.2, 0) is 28.5 Å². The van der Waals surface area contributed by atoms with Crippen molar-refractivity contribution in [2.75, 3.05) is 0 Å². The van der Waals surface area contributed by atoms with E-state index >= 15 is 0 Å². The zero-order valence-electron chi connectivity index (χ0n) is 11.8. The van der Waals surface area contributed by atoms with Crippen LogP contribution in [-0.4, -0.2) is 48.1 Å². The van der Waals surface area contributed by atoms with Crippen molar-refractivity contribution in [2.45, 2.75) is 56.4 Å². The van der Waals surface area contributed by atoms with Gasteiger partial charge in [-0.15, -0.1) is 0 Å². The van der Waals surface area contributed by atoms with Crippen molar-refractivity contribution in [2.24, 2.45) is 11.8 Å². The van der Waals surface area contributed by atoms with E-state index in [2.05, 4.69) is 0 Å². The number of epoxide rings is 2. The highest BCUT2D eigenvalue weighted by atomic mass is 16.7. The Balaban J connectivity index is 1.57. The minimum atomic E-state index is -0.400. The molecule has 1 aliphatic carbocycles. The summed E-state index contributed by atoms with van der Waals surface area (Å²) in [6, 6.07) is 0. The Hall–Kier alpha value is -1.40. The van der Waals surface area contributed by atoms with E-state index in [1.54, 1.807) is 0 Å². The van der Waals surface area contributed by atoms with Gasteiger partial charge in [0.15, 0.2) is 0 Å². The van der Waals surface area contributed by atoms with Gasteiger partial charge in [0.25, 0.3) is 0 Å². The summed E-state index contributed by atoms with van der Waals surface area (Å²) in [5.41, 5.74) is 0.252. The SMILES string of the molecule is CC1C(=O)O[C@H]2C[C@]3(C)O[C@@H]3[C@@H]3O[C@@H]3C3=C[C@@H](OC3=O)[C@H]12. The lowest BCUT2D eigenvalue weighted by atomic mass is 9.81. The van der Waals surface area contributed by atoms with Crippen molar-refractivity contribution in [3.8, 4) is 0 Å². The van der Waals surface area contributed by atoms with Gasteiger partial charge < -0.3 is 18.9 Å². The molecular weight excluding hydrogens is 276 g/mol. The second kappa shape index (κ2) is 3.50. The van der Waals surface area contributed by atoms with Crippen LogP contribution in [0.2, 0.25) is 0 Å². The Morgan fingerprint density at radius 1 is 1.29 bits per heavy atom. The largest absolute Gasteiger partial charge is 0.462 e. The second-order valence-electron chi connectivity index (χ2n) is 6.91. The van der Waals surface area contributed by atoms with E-state index in [9.17, 15) is 9.59 Å². The highest BCUT2D eigenvalue weighted by Gasteiger charge is 2.69. The maximum Gasteiger partial charge on any atom is 0.337 e. The van der Waals surface area contributed by atoms with Gasteiger partial charge in [-0.25, -0.2) is 4.79 Å². The van der Waals surface area contributed by atoms with Gasteiger partial charge in [-0.05, 0) is 13.0 Å². The zero-order chi connectivity index (χ0) is 14.5. The first-order chi connectivity index (χ1) is 9.98. The number of hydrogen-bond donors (Lipinski definition) is 0. The third kappa shape index (κ3) is 1.49. The summed E-state index contributed by atoms with van der Waals surface area (Å²) in [7, 11) is 0. The normalized spacial score (nSPS) is 56.5. The summed E-state index contributed by atoms with van der Waals surface area (Å²) < 4.78 is 22.5. The molecule has 6 nitrogen and oxygen atoms in total. The number of hydrogen-bond acceptors (Lipinski definition) is 6. The molecule has 4 aliphatic heterocycles. The predicted molar refractivity (Wildman–Crippen MR) is 67.1 cm³/mol. The lowest BCUT2D eigenvalue weighted by Crippen LogP contribution is -2.35. The molecule has 1 unspecified atom stereocenters. The maximum atomic E-state index is 12.1. The summed E-state index contributed by atoms with van der Waals surface area (Å²) in [5, 5.41) is 0. The zero-order valence-corrected chi connectivity index (χ0v) is 11.8. The third-order valence-corrected chi connectivity index (χ3v) is 5.53. The molecule has 5 rings (SSSR count). The van der Waals surface area contributed by atoms with E-state index in [0.29, 0.717) is 12.0 Å². The summed E-state index contributed by atoms with van der Waals surface area (Å²) >= 11 is 0. The van der Waals surface area contributed by atoms with Crippen molar-refractivity contribution in [3.05, 3.63) is 11.6 Å². The van der Waals surface area contributed by atoms with E-state index in [-0.39, 0.29) is 53.8 Å². The van der Waals surface area contributed by atoms with Crippen molar-refractivity contribution in [1.29, 1.82) is 0 Å². The number of carbonyl (C=O) groups excluding carboxylic acids is 2. The fourth-order valence-corrected chi connectivity index (χ4v) is 4.20. The van der Waals surface area contributed by atoms with Crippen molar-refractivity contribution in [3.63, 3.8) is 0 Å². The Labute approximate surface area is 121 Å². The predicted octanol–water partition coefficient (Wildman–Crippen LogP) is 0.344. The van der Waals surface area contributed by atoms with E-state index in [4.69, 9.17) is 18.9 Å². The number of ether oxygens (including phenoxy) is 4. The molecule has 8 atom stereocenters. The van der Waals surface area contributed by atoms with Crippen molar-refractivity contribution < 1.29 is 28.5 Å². The lowest BCUT2D eigenvalue weighted by Gasteiger charge is -2.24. The van der Waals surface area contributed by atoms with Crippen LogP contribution in [0.15, 0.2) is 11.6 Å². The molecule has 0 aromatic rings. The summed E-state index contributed by atoms with van der Waals surface area (Å²) in [6.45, 7) is 3.85. The number of rotatable bonds is 0. The van der Waals surface area contributed by atoms with E-state index < -0.39 is 6.10 Å². The van der Waals surface area contributed by atoms with E-state index in [1.165, 1.54) is 0 Å². The average molecular weight is 292 g/mol. The maximum absolute atomic E-state index is 12.1. The summed E-state index contributed by atoms with van der Waals surface area (Å²) in [5.74, 6) is -0.970. The monoisotopic (exact) mass is 292 g/mol. The molecule has 0 N–H and O–H groups in total. The van der Waals surface area contributed by atoms with Gasteiger partial charge in [0.2, 0.25) is 0 Å². The highest BCUT2D eigenvalue weighted by Crippen LogP contribution is 2.54. The van der Waals surface area contributed by atoms with Crippen LogP contribution in [0.5, 0.6) is 0 Å². The third-order valence-electron chi connectivity index (χ3n) is 5.53. The van der Waals surface area contributed by atoms with Gasteiger partial charge in [-0.3, -0.25) is 4.79 Å². The second-order valence-corrected chi connectivity index (χ2v) is 6.91. The van der Waals surface area contributed by atoms with Gasteiger partial charge in [-0.2, -0.15) is 0 Å². The first kappa shape index (κ1) is 12.2. The van der Waals surface area contributed by atoms with Gasteiger partial charge in [-0.1, -0.05) is 6.92 Å². The molecule has 3 saturated heterocycles. The Morgan fingerprint density at radius 2 is 2.10 bits per heavy atom. The number of carbonyl (C=O) groups is 2. The first-order valence-electron chi connectivity index (χ1n) is 7.44. The molecule has 0 amide bonds. The minimum absolute atomic E-state index is 0.0244. The Bertz CT molecular complexity index is 597. The fourth-order valence-electron chi connectivity index (χ4n) is 4.20. The fraction of sp³-hybridized carbons (Fsp3) is 0.733. The van der Waals surface area contributed by atoms with Crippen LogP contribution in [0, 0.1) is 11.8 Å². The Morgan fingerprint density at radius 3 is 2.90 bits per heavy atom. The quantitative estimate of drug-likeness (QED) is 0.473. The molecule has 0 saturated carbocycles. The van der Waals surface area contributed by atoms with Gasteiger partial charge in [0.05, 0.1) is 17.1 Å². The molecular formula is C15H16O6. The van der Waals surface area contributed by atoms with E-state index in [1.807, 2.05) is 19.9 Å². The average Bonchev–Trinajstić information content (AvgIpc) is 3.25. The van der Waals surface area contributed by atoms with Gasteiger partial charge in [0, 0.05) is 12.3 Å². The molecule has 5 aliphatic rings. The molecule has 3 fully saturated rings. The molecule has 112 valence electrons.